The number of nitro benzene ring substituents is 1. The number of rotatable bonds is 7. The minimum atomic E-state index is -4.87. The summed E-state index contributed by atoms with van der Waals surface area (Å²) in [4.78, 5) is 25.9. The van der Waals surface area contributed by atoms with Crippen LogP contribution in [0.25, 0.3) is 0 Å². The molecular weight excluding hydrogens is 572 g/mol. The second-order valence-corrected chi connectivity index (χ2v) is 10.1. The highest BCUT2D eigenvalue weighted by Crippen LogP contribution is 2.38. The number of carbonyl (C=O) groups excluding carboxylic acids is 1. The third-order valence-corrected chi connectivity index (χ3v) is 7.41. The highest BCUT2D eigenvalue weighted by molar-refractivity contribution is 5.77. The normalized spacial score (nSPS) is 19.7. The Labute approximate surface area is 236 Å². The van der Waals surface area contributed by atoms with Crippen molar-refractivity contribution in [1.82, 2.24) is 4.90 Å². The predicted octanol–water partition coefficient (Wildman–Crippen LogP) is 5.59. The van der Waals surface area contributed by atoms with Crippen LogP contribution in [0.2, 0.25) is 0 Å². The Balaban J connectivity index is 1.22. The summed E-state index contributed by atoms with van der Waals surface area (Å²) in [5, 5.41) is 22.9. The zero-order valence-corrected chi connectivity index (χ0v) is 22.2. The number of carbonyl (C=O) groups is 1. The van der Waals surface area contributed by atoms with Gasteiger partial charge < -0.3 is 19.9 Å². The van der Waals surface area contributed by atoms with E-state index in [4.69, 9.17) is 10.00 Å². The minimum Gasteiger partial charge on any atom is -0.382 e. The highest BCUT2D eigenvalue weighted by Gasteiger charge is 2.39. The minimum absolute atomic E-state index is 0.127. The van der Waals surface area contributed by atoms with E-state index in [0.717, 1.165) is 24.3 Å². The summed E-state index contributed by atoms with van der Waals surface area (Å²) >= 11 is 0. The van der Waals surface area contributed by atoms with E-state index < -0.39 is 39.7 Å². The maximum Gasteiger partial charge on any atom is 0.423 e. The Hall–Kier alpha value is -4.06. The molecule has 0 atom stereocenters. The number of alkyl halides is 6. The Morgan fingerprint density at radius 2 is 1.62 bits per heavy atom. The van der Waals surface area contributed by atoms with E-state index in [1.807, 2.05) is 0 Å². The number of piperazine rings is 1. The molecule has 1 N–H and O–H groups in total. The van der Waals surface area contributed by atoms with Crippen LogP contribution in [0.5, 0.6) is 0 Å². The third-order valence-electron chi connectivity index (χ3n) is 7.41. The molecular formula is C27H27F6N5O4. The molecule has 2 aromatic carbocycles. The van der Waals surface area contributed by atoms with Gasteiger partial charge >= 0.3 is 12.4 Å². The van der Waals surface area contributed by atoms with Gasteiger partial charge in [-0.15, -0.1) is 0 Å². The zero-order chi connectivity index (χ0) is 30.7. The molecule has 9 nitrogen and oxygen atoms in total. The van der Waals surface area contributed by atoms with Gasteiger partial charge in [-0.3, -0.25) is 14.9 Å². The largest absolute Gasteiger partial charge is 0.423 e. The van der Waals surface area contributed by atoms with Gasteiger partial charge in [0, 0.05) is 49.7 Å². The quantitative estimate of drug-likeness (QED) is 0.251. The van der Waals surface area contributed by atoms with Crippen LogP contribution in [0.15, 0.2) is 36.4 Å². The standard InChI is InChI=1S/C27H27F6N5O4/c28-26(29,30)22-14-20(5-1-17(22)15-34)36-9-11-37(12-10-36)25(39)16-42-21-6-2-18(3-7-21)35-19-4-8-24(38(40)41)23(13-19)27(31,32)33/h1,4-5,8,13-14,18,21,35H,2-3,6-7,9-12,16H2/t18-,21-. The first-order chi connectivity index (χ1) is 19.8. The van der Waals surface area contributed by atoms with E-state index in [9.17, 15) is 41.3 Å². The van der Waals surface area contributed by atoms with Crippen LogP contribution in [0.3, 0.4) is 0 Å². The van der Waals surface area contributed by atoms with E-state index in [-0.39, 0.29) is 43.4 Å². The Morgan fingerprint density at radius 1 is 0.976 bits per heavy atom. The molecule has 0 unspecified atom stereocenters. The molecule has 1 saturated heterocycles. The molecule has 226 valence electrons. The predicted molar refractivity (Wildman–Crippen MR) is 139 cm³/mol. The van der Waals surface area contributed by atoms with Crippen LogP contribution < -0.4 is 10.2 Å². The number of nitro groups is 1. The van der Waals surface area contributed by atoms with Gasteiger partial charge in [0.25, 0.3) is 5.69 Å². The fourth-order valence-corrected chi connectivity index (χ4v) is 5.18. The summed E-state index contributed by atoms with van der Waals surface area (Å²) in [6.07, 6.45) is -7.54. The van der Waals surface area contributed by atoms with Crippen molar-refractivity contribution in [1.29, 1.82) is 5.26 Å². The molecule has 2 aliphatic rings. The lowest BCUT2D eigenvalue weighted by molar-refractivity contribution is -0.388. The number of nitrogens with one attached hydrogen (secondary N) is 1. The topological polar surface area (TPSA) is 112 Å². The van der Waals surface area contributed by atoms with Gasteiger partial charge in [0.1, 0.15) is 12.2 Å². The van der Waals surface area contributed by atoms with E-state index in [1.54, 1.807) is 15.9 Å². The molecule has 1 saturated carbocycles. The average Bonchev–Trinajstić information content (AvgIpc) is 2.95. The molecule has 0 spiro atoms. The van der Waals surface area contributed by atoms with E-state index in [0.29, 0.717) is 44.5 Å². The molecule has 15 heteroatoms. The van der Waals surface area contributed by atoms with Crippen molar-refractivity contribution in [2.45, 2.75) is 50.2 Å². The maximum absolute atomic E-state index is 13.3. The molecule has 0 bridgehead atoms. The number of benzene rings is 2. The van der Waals surface area contributed by atoms with E-state index in [1.165, 1.54) is 12.1 Å². The van der Waals surface area contributed by atoms with Gasteiger partial charge in [-0.1, -0.05) is 0 Å². The molecule has 1 amide bonds. The summed E-state index contributed by atoms with van der Waals surface area (Å²) in [6, 6.07) is 7.72. The Kier molecular flexibility index (Phi) is 9.15. The van der Waals surface area contributed by atoms with Crippen LogP contribution in [-0.2, 0) is 21.9 Å². The van der Waals surface area contributed by atoms with Crippen molar-refractivity contribution in [2.75, 3.05) is 43.0 Å². The fraction of sp³-hybridized carbons (Fsp3) is 0.481. The number of halogens is 6. The molecule has 42 heavy (non-hydrogen) atoms. The van der Waals surface area contributed by atoms with Crippen molar-refractivity contribution >= 4 is 23.0 Å². The van der Waals surface area contributed by atoms with Crippen molar-refractivity contribution in [3.05, 3.63) is 63.2 Å². The average molecular weight is 600 g/mol. The summed E-state index contributed by atoms with van der Waals surface area (Å²) in [5.74, 6) is -0.253. The van der Waals surface area contributed by atoms with Gasteiger partial charge in [-0.05, 0) is 56.0 Å². The number of ether oxygens (including phenoxy) is 1. The van der Waals surface area contributed by atoms with Crippen LogP contribution >= 0.6 is 0 Å². The summed E-state index contributed by atoms with van der Waals surface area (Å²) in [6.45, 7) is 1.02. The molecule has 2 fully saturated rings. The van der Waals surface area contributed by atoms with Crippen LogP contribution in [-0.4, -0.2) is 60.7 Å². The monoisotopic (exact) mass is 599 g/mol. The van der Waals surface area contributed by atoms with E-state index in [2.05, 4.69) is 5.32 Å². The second kappa shape index (κ2) is 12.4. The van der Waals surface area contributed by atoms with Gasteiger partial charge in [0.15, 0.2) is 0 Å². The van der Waals surface area contributed by atoms with Crippen molar-refractivity contribution in [3.63, 3.8) is 0 Å². The van der Waals surface area contributed by atoms with Gasteiger partial charge in [0.05, 0.1) is 28.2 Å². The molecule has 2 aromatic rings. The second-order valence-electron chi connectivity index (χ2n) is 10.1. The number of hydrogen-bond acceptors (Lipinski definition) is 7. The SMILES string of the molecule is N#Cc1ccc(N2CCN(C(=O)CO[C@H]3CC[C@H](Nc4ccc([N+](=O)[O-])c(C(F)(F)F)c4)CC3)CC2)cc1C(F)(F)F. The lowest BCUT2D eigenvalue weighted by atomic mass is 9.92. The van der Waals surface area contributed by atoms with Gasteiger partial charge in [-0.2, -0.15) is 31.6 Å². The summed E-state index contributed by atoms with van der Waals surface area (Å²) in [7, 11) is 0. The van der Waals surface area contributed by atoms with Crippen LogP contribution in [0.4, 0.5) is 43.4 Å². The van der Waals surface area contributed by atoms with Gasteiger partial charge in [-0.25, -0.2) is 0 Å². The lowest BCUT2D eigenvalue weighted by Crippen LogP contribution is -2.50. The first-order valence-corrected chi connectivity index (χ1v) is 13.1. The third kappa shape index (κ3) is 7.41. The zero-order valence-electron chi connectivity index (χ0n) is 22.2. The van der Waals surface area contributed by atoms with Crippen LogP contribution in [0, 0.1) is 21.4 Å². The van der Waals surface area contributed by atoms with E-state index >= 15 is 0 Å². The molecule has 0 aromatic heterocycles. The number of anilines is 2. The molecule has 1 aliphatic carbocycles. The molecule has 1 aliphatic heterocycles. The molecule has 1 heterocycles. The first-order valence-electron chi connectivity index (χ1n) is 13.1. The Morgan fingerprint density at radius 3 is 2.19 bits per heavy atom. The van der Waals surface area contributed by atoms with Crippen molar-refractivity contribution in [3.8, 4) is 6.07 Å². The fourth-order valence-electron chi connectivity index (χ4n) is 5.18. The summed E-state index contributed by atoms with van der Waals surface area (Å²) in [5.41, 5.74) is -3.35. The van der Waals surface area contributed by atoms with Crippen molar-refractivity contribution < 1.29 is 40.8 Å². The number of hydrogen-bond donors (Lipinski definition) is 1. The lowest BCUT2D eigenvalue weighted by Gasteiger charge is -2.37. The first kappa shape index (κ1) is 30.9. The summed E-state index contributed by atoms with van der Waals surface area (Å²) < 4.78 is 85.4. The molecule has 0 radical (unpaired) electrons. The van der Waals surface area contributed by atoms with Gasteiger partial charge in [0.2, 0.25) is 5.91 Å². The number of nitriles is 1. The maximum atomic E-state index is 13.3. The highest BCUT2D eigenvalue weighted by atomic mass is 19.4. The number of nitrogens with zero attached hydrogens (tertiary/aromatic N) is 4. The smallest absolute Gasteiger partial charge is 0.382 e. The molecule has 4 rings (SSSR count). The van der Waals surface area contributed by atoms with Crippen LogP contribution in [0.1, 0.15) is 42.4 Å². The Bertz CT molecular complexity index is 1340. The van der Waals surface area contributed by atoms with Crippen molar-refractivity contribution in [2.24, 2.45) is 0 Å². The number of amides is 1.